The van der Waals surface area contributed by atoms with Gasteiger partial charge in [-0.25, -0.2) is 13.1 Å². The van der Waals surface area contributed by atoms with Crippen molar-refractivity contribution in [3.8, 4) is 0 Å². The van der Waals surface area contributed by atoms with Crippen LogP contribution in [0.1, 0.15) is 60.3 Å². The van der Waals surface area contributed by atoms with Crippen molar-refractivity contribution in [3.63, 3.8) is 0 Å². The van der Waals surface area contributed by atoms with E-state index >= 15 is 0 Å². The number of hydrogen-bond acceptors (Lipinski definition) is 3. The predicted octanol–water partition coefficient (Wildman–Crippen LogP) is 2.90. The van der Waals surface area contributed by atoms with Crippen molar-refractivity contribution in [1.29, 1.82) is 0 Å². The van der Waals surface area contributed by atoms with Crippen molar-refractivity contribution in [2.45, 2.75) is 71.1 Å². The van der Waals surface area contributed by atoms with Gasteiger partial charge in [-0.3, -0.25) is 4.79 Å². The summed E-state index contributed by atoms with van der Waals surface area (Å²) in [5.41, 5.74) is 1.21. The summed E-state index contributed by atoms with van der Waals surface area (Å²) in [5.74, 6) is -0.0317. The minimum Gasteiger partial charge on any atom is -0.350 e. The average Bonchev–Trinajstić information content (AvgIpc) is 2.41. The lowest BCUT2D eigenvalue weighted by molar-refractivity contribution is -0.121. The van der Waals surface area contributed by atoms with Gasteiger partial charge in [-0.05, 0) is 53.9 Å². The van der Waals surface area contributed by atoms with Crippen LogP contribution >= 0.6 is 0 Å². The Kier molecular flexibility index (Phi) is 9.39. The van der Waals surface area contributed by atoms with Crippen molar-refractivity contribution < 1.29 is 13.2 Å². The smallest absolute Gasteiger partial charge is 0.220 e. The second kappa shape index (κ2) is 9.88. The molecule has 0 rings (SSSR count). The molecule has 2 N–H and O–H groups in total. The average molecular weight is 345 g/mol. The lowest BCUT2D eigenvalue weighted by Gasteiger charge is -2.19. The normalized spacial score (nSPS) is 13.3. The SMILES string of the molecule is C=CC(CC=C(C)C)NC(=O)CCCCNS(=O)(=O)C(C)(C)C. The molecule has 0 saturated heterocycles. The minimum absolute atomic E-state index is 0.0317. The van der Waals surface area contributed by atoms with E-state index in [1.54, 1.807) is 26.8 Å². The first-order valence-electron chi connectivity index (χ1n) is 8.04. The van der Waals surface area contributed by atoms with Crippen LogP contribution in [-0.4, -0.2) is 31.7 Å². The fraction of sp³-hybridized carbons (Fsp3) is 0.706. The largest absolute Gasteiger partial charge is 0.350 e. The summed E-state index contributed by atoms with van der Waals surface area (Å²) in [6.45, 7) is 13.1. The van der Waals surface area contributed by atoms with Crippen LogP contribution in [0.4, 0.5) is 0 Å². The zero-order valence-corrected chi connectivity index (χ0v) is 15.9. The molecule has 0 aliphatic carbocycles. The van der Waals surface area contributed by atoms with E-state index in [-0.39, 0.29) is 11.9 Å². The summed E-state index contributed by atoms with van der Waals surface area (Å²) in [6, 6.07) is -0.0585. The van der Waals surface area contributed by atoms with Gasteiger partial charge in [0.15, 0.2) is 0 Å². The number of amides is 1. The molecule has 0 aromatic carbocycles. The van der Waals surface area contributed by atoms with Crippen molar-refractivity contribution in [1.82, 2.24) is 10.0 Å². The van der Waals surface area contributed by atoms with E-state index in [4.69, 9.17) is 0 Å². The zero-order valence-electron chi connectivity index (χ0n) is 15.1. The Balaban J connectivity index is 4.04. The highest BCUT2D eigenvalue weighted by Gasteiger charge is 2.27. The quantitative estimate of drug-likeness (QED) is 0.473. The molecular weight excluding hydrogens is 312 g/mol. The monoisotopic (exact) mass is 344 g/mol. The Morgan fingerprint density at radius 2 is 1.83 bits per heavy atom. The van der Waals surface area contributed by atoms with Crippen molar-refractivity contribution in [2.75, 3.05) is 6.54 Å². The van der Waals surface area contributed by atoms with Gasteiger partial charge < -0.3 is 5.32 Å². The number of carbonyl (C=O) groups excluding carboxylic acids is 1. The molecule has 0 spiro atoms. The fourth-order valence-electron chi connectivity index (χ4n) is 1.69. The van der Waals surface area contributed by atoms with E-state index in [2.05, 4.69) is 22.7 Å². The van der Waals surface area contributed by atoms with Gasteiger partial charge in [0.25, 0.3) is 0 Å². The summed E-state index contributed by atoms with van der Waals surface area (Å²) < 4.78 is 25.5. The van der Waals surface area contributed by atoms with Gasteiger partial charge in [-0.1, -0.05) is 17.7 Å². The maximum atomic E-state index is 11.9. The van der Waals surface area contributed by atoms with E-state index in [1.807, 2.05) is 13.8 Å². The van der Waals surface area contributed by atoms with Crippen LogP contribution in [0.15, 0.2) is 24.3 Å². The lowest BCUT2D eigenvalue weighted by atomic mass is 10.1. The molecule has 0 aliphatic rings. The van der Waals surface area contributed by atoms with E-state index in [0.29, 0.717) is 25.8 Å². The van der Waals surface area contributed by atoms with Crippen LogP contribution in [0.2, 0.25) is 0 Å². The fourth-order valence-corrected chi connectivity index (χ4v) is 2.54. The van der Waals surface area contributed by atoms with Gasteiger partial charge in [0.2, 0.25) is 15.9 Å². The molecule has 0 heterocycles. The number of sulfonamides is 1. The molecule has 23 heavy (non-hydrogen) atoms. The van der Waals surface area contributed by atoms with Crippen LogP contribution in [0.3, 0.4) is 0 Å². The molecule has 0 radical (unpaired) electrons. The van der Waals surface area contributed by atoms with E-state index < -0.39 is 14.8 Å². The maximum absolute atomic E-state index is 11.9. The van der Waals surface area contributed by atoms with Gasteiger partial charge in [-0.15, -0.1) is 6.58 Å². The van der Waals surface area contributed by atoms with E-state index in [0.717, 1.165) is 6.42 Å². The summed E-state index contributed by atoms with van der Waals surface area (Å²) in [7, 11) is -3.31. The van der Waals surface area contributed by atoms with Crippen LogP contribution in [0.25, 0.3) is 0 Å². The highest BCUT2D eigenvalue weighted by molar-refractivity contribution is 7.90. The Morgan fingerprint density at radius 1 is 1.22 bits per heavy atom. The number of hydrogen-bond donors (Lipinski definition) is 2. The number of allylic oxidation sites excluding steroid dienone is 1. The number of rotatable bonds is 10. The van der Waals surface area contributed by atoms with E-state index in [9.17, 15) is 13.2 Å². The molecule has 0 saturated carbocycles. The standard InChI is InChI=1S/C17H32N2O3S/c1-7-15(12-11-14(2)3)19-16(20)10-8-9-13-18-23(21,22)17(4,5)6/h7,11,15,18H,1,8-10,12-13H2,2-6H3,(H,19,20). The molecule has 1 amide bonds. The van der Waals surface area contributed by atoms with Crippen LogP contribution in [-0.2, 0) is 14.8 Å². The molecule has 1 unspecified atom stereocenters. The predicted molar refractivity (Wildman–Crippen MR) is 96.7 cm³/mol. The van der Waals surface area contributed by atoms with Crippen molar-refractivity contribution >= 4 is 15.9 Å². The lowest BCUT2D eigenvalue weighted by Crippen LogP contribution is -2.39. The summed E-state index contributed by atoms with van der Waals surface area (Å²) in [5, 5.41) is 2.91. The first-order valence-corrected chi connectivity index (χ1v) is 9.52. The van der Waals surface area contributed by atoms with Gasteiger partial charge >= 0.3 is 0 Å². The number of unbranched alkanes of at least 4 members (excludes halogenated alkanes) is 1. The third-order valence-corrected chi connectivity index (χ3v) is 5.54. The third kappa shape index (κ3) is 9.56. The highest BCUT2D eigenvalue weighted by Crippen LogP contribution is 2.13. The second-order valence-electron chi connectivity index (χ2n) is 6.89. The molecule has 0 aromatic heterocycles. The maximum Gasteiger partial charge on any atom is 0.220 e. The Labute approximate surface area is 141 Å². The molecule has 6 heteroatoms. The second-order valence-corrected chi connectivity index (χ2v) is 9.41. The van der Waals surface area contributed by atoms with Crippen molar-refractivity contribution in [3.05, 3.63) is 24.3 Å². The van der Waals surface area contributed by atoms with Crippen LogP contribution < -0.4 is 10.0 Å². The summed E-state index contributed by atoms with van der Waals surface area (Å²) in [6.07, 6.45) is 6.20. The molecule has 5 nitrogen and oxygen atoms in total. The third-order valence-electron chi connectivity index (χ3n) is 3.34. The number of carbonyl (C=O) groups is 1. The van der Waals surface area contributed by atoms with E-state index in [1.165, 1.54) is 5.57 Å². The van der Waals surface area contributed by atoms with Gasteiger partial charge in [0.05, 0.1) is 10.8 Å². The molecule has 134 valence electrons. The molecule has 0 aliphatic heterocycles. The minimum atomic E-state index is -3.31. The molecule has 0 bridgehead atoms. The van der Waals surface area contributed by atoms with Gasteiger partial charge in [-0.2, -0.15) is 0 Å². The van der Waals surface area contributed by atoms with Gasteiger partial charge in [0.1, 0.15) is 0 Å². The molecule has 1 atom stereocenters. The molecule has 0 aromatic rings. The van der Waals surface area contributed by atoms with Gasteiger partial charge in [0, 0.05) is 13.0 Å². The molecule has 0 fully saturated rings. The summed E-state index contributed by atoms with van der Waals surface area (Å²) in [4.78, 5) is 11.9. The Morgan fingerprint density at radius 3 is 2.30 bits per heavy atom. The Bertz CT molecular complexity index is 512. The zero-order chi connectivity index (χ0) is 18.1. The van der Waals surface area contributed by atoms with Crippen molar-refractivity contribution in [2.24, 2.45) is 0 Å². The Hall–Kier alpha value is -1.14. The number of nitrogens with one attached hydrogen (secondary N) is 2. The first-order chi connectivity index (χ1) is 10.5. The first kappa shape index (κ1) is 21.9. The molecular formula is C17H32N2O3S. The topological polar surface area (TPSA) is 75.3 Å². The van der Waals surface area contributed by atoms with Crippen LogP contribution in [0.5, 0.6) is 0 Å². The highest BCUT2D eigenvalue weighted by atomic mass is 32.2. The summed E-state index contributed by atoms with van der Waals surface area (Å²) >= 11 is 0. The van der Waals surface area contributed by atoms with Crippen LogP contribution in [0, 0.1) is 0 Å².